The van der Waals surface area contributed by atoms with E-state index < -0.39 is 0 Å². The molecule has 1 aromatic carbocycles. The van der Waals surface area contributed by atoms with Crippen LogP contribution in [0.3, 0.4) is 0 Å². The molecule has 2 nitrogen and oxygen atoms in total. The van der Waals surface area contributed by atoms with Gasteiger partial charge in [0.15, 0.2) is 0 Å². The summed E-state index contributed by atoms with van der Waals surface area (Å²) in [5.41, 5.74) is 10.1. The largest absolute Gasteiger partial charge is 0.372 e. The molecule has 0 radical (unpaired) electrons. The van der Waals surface area contributed by atoms with E-state index in [0.717, 1.165) is 25.9 Å². The predicted molar refractivity (Wildman–Crippen MR) is 76.7 cm³/mol. The van der Waals surface area contributed by atoms with Crippen molar-refractivity contribution in [1.82, 2.24) is 0 Å². The minimum absolute atomic E-state index is 0.286. The highest BCUT2D eigenvalue weighted by Gasteiger charge is 2.07. The second-order valence-electron chi connectivity index (χ2n) is 4.67. The first kappa shape index (κ1) is 14.0. The molecule has 0 aliphatic heterocycles. The van der Waals surface area contributed by atoms with E-state index in [-0.39, 0.29) is 6.04 Å². The number of rotatable bonds is 6. The van der Waals surface area contributed by atoms with Crippen molar-refractivity contribution < 1.29 is 0 Å². The standard InChI is InChI=1S/C15H26N2/c1-5-14(16)11-13-8-9-15(12(4)10-13)17(6-2)7-3/h8-10,14H,5-7,11,16H2,1-4H3. The lowest BCUT2D eigenvalue weighted by atomic mass is 10.0. The summed E-state index contributed by atoms with van der Waals surface area (Å²) in [7, 11) is 0. The molecule has 1 unspecified atom stereocenters. The van der Waals surface area contributed by atoms with E-state index in [1.54, 1.807) is 0 Å². The van der Waals surface area contributed by atoms with Crippen molar-refractivity contribution in [2.24, 2.45) is 5.73 Å². The summed E-state index contributed by atoms with van der Waals surface area (Å²) in [5, 5.41) is 0. The Morgan fingerprint density at radius 2 is 1.82 bits per heavy atom. The molecule has 0 bridgehead atoms. The van der Waals surface area contributed by atoms with Crippen molar-refractivity contribution in [3.8, 4) is 0 Å². The van der Waals surface area contributed by atoms with E-state index in [0.29, 0.717) is 0 Å². The normalized spacial score (nSPS) is 12.5. The van der Waals surface area contributed by atoms with Gasteiger partial charge in [0.1, 0.15) is 0 Å². The van der Waals surface area contributed by atoms with Crippen LogP contribution in [0.2, 0.25) is 0 Å². The topological polar surface area (TPSA) is 29.3 Å². The number of hydrogen-bond donors (Lipinski definition) is 1. The average Bonchev–Trinajstić information content (AvgIpc) is 2.33. The van der Waals surface area contributed by atoms with Gasteiger partial charge in [0.25, 0.3) is 0 Å². The Morgan fingerprint density at radius 1 is 1.18 bits per heavy atom. The van der Waals surface area contributed by atoms with E-state index in [1.807, 2.05) is 0 Å². The molecule has 0 saturated heterocycles. The Labute approximate surface area is 106 Å². The fourth-order valence-electron chi connectivity index (χ4n) is 2.21. The molecule has 0 aliphatic rings. The quantitative estimate of drug-likeness (QED) is 0.819. The van der Waals surface area contributed by atoms with Gasteiger partial charge < -0.3 is 10.6 Å². The smallest absolute Gasteiger partial charge is 0.0395 e. The zero-order valence-corrected chi connectivity index (χ0v) is 11.7. The van der Waals surface area contributed by atoms with Crippen molar-refractivity contribution in [3.63, 3.8) is 0 Å². The number of hydrogen-bond acceptors (Lipinski definition) is 2. The van der Waals surface area contributed by atoms with E-state index in [2.05, 4.69) is 50.8 Å². The zero-order chi connectivity index (χ0) is 12.8. The summed E-state index contributed by atoms with van der Waals surface area (Å²) in [6.45, 7) is 10.8. The Hall–Kier alpha value is -1.02. The minimum atomic E-state index is 0.286. The van der Waals surface area contributed by atoms with E-state index in [4.69, 9.17) is 5.73 Å². The van der Waals surface area contributed by atoms with Crippen LogP contribution in [0.5, 0.6) is 0 Å². The summed E-state index contributed by atoms with van der Waals surface area (Å²) in [6, 6.07) is 7.02. The van der Waals surface area contributed by atoms with E-state index in [1.165, 1.54) is 16.8 Å². The lowest BCUT2D eigenvalue weighted by molar-refractivity contribution is 0.646. The highest BCUT2D eigenvalue weighted by Crippen LogP contribution is 2.21. The third-order valence-electron chi connectivity index (χ3n) is 3.39. The first-order chi connectivity index (χ1) is 8.12. The molecule has 0 aromatic heterocycles. The number of anilines is 1. The molecule has 0 heterocycles. The minimum Gasteiger partial charge on any atom is -0.372 e. The molecule has 0 fully saturated rings. The Bertz CT molecular complexity index is 343. The first-order valence-electron chi connectivity index (χ1n) is 6.72. The third-order valence-corrected chi connectivity index (χ3v) is 3.39. The van der Waals surface area contributed by atoms with Crippen LogP contribution in [0.4, 0.5) is 5.69 Å². The van der Waals surface area contributed by atoms with Gasteiger partial charge in [0, 0.05) is 24.8 Å². The summed E-state index contributed by atoms with van der Waals surface area (Å²) < 4.78 is 0. The van der Waals surface area contributed by atoms with Gasteiger partial charge in [-0.3, -0.25) is 0 Å². The van der Waals surface area contributed by atoms with Crippen molar-refractivity contribution in [2.45, 2.75) is 46.6 Å². The third kappa shape index (κ3) is 3.74. The molecule has 1 rings (SSSR count). The van der Waals surface area contributed by atoms with Crippen LogP contribution in [-0.2, 0) is 6.42 Å². The fourth-order valence-corrected chi connectivity index (χ4v) is 2.21. The van der Waals surface area contributed by atoms with Crippen LogP contribution in [0.15, 0.2) is 18.2 Å². The van der Waals surface area contributed by atoms with Gasteiger partial charge in [-0.2, -0.15) is 0 Å². The predicted octanol–water partition coefficient (Wildman–Crippen LogP) is 3.12. The summed E-state index contributed by atoms with van der Waals surface area (Å²) in [5.74, 6) is 0. The monoisotopic (exact) mass is 234 g/mol. The summed E-state index contributed by atoms with van der Waals surface area (Å²) >= 11 is 0. The van der Waals surface area contributed by atoms with E-state index in [9.17, 15) is 0 Å². The molecule has 0 aliphatic carbocycles. The van der Waals surface area contributed by atoms with Gasteiger partial charge in [-0.1, -0.05) is 19.1 Å². The van der Waals surface area contributed by atoms with Crippen molar-refractivity contribution >= 4 is 5.69 Å². The SMILES string of the molecule is CCC(N)Cc1ccc(N(CC)CC)c(C)c1. The zero-order valence-electron chi connectivity index (χ0n) is 11.7. The van der Waals surface area contributed by atoms with Gasteiger partial charge in [-0.15, -0.1) is 0 Å². The maximum Gasteiger partial charge on any atom is 0.0395 e. The molecule has 1 atom stereocenters. The fraction of sp³-hybridized carbons (Fsp3) is 0.600. The van der Waals surface area contributed by atoms with Crippen LogP contribution in [0, 0.1) is 6.92 Å². The van der Waals surface area contributed by atoms with E-state index >= 15 is 0 Å². The molecule has 96 valence electrons. The highest BCUT2D eigenvalue weighted by molar-refractivity contribution is 5.54. The molecule has 17 heavy (non-hydrogen) atoms. The van der Waals surface area contributed by atoms with Crippen molar-refractivity contribution in [3.05, 3.63) is 29.3 Å². The number of benzene rings is 1. The van der Waals surface area contributed by atoms with Gasteiger partial charge in [0.2, 0.25) is 0 Å². The van der Waals surface area contributed by atoms with Crippen molar-refractivity contribution in [2.75, 3.05) is 18.0 Å². The number of aryl methyl sites for hydroxylation is 1. The number of nitrogens with two attached hydrogens (primary N) is 1. The van der Waals surface area contributed by atoms with Gasteiger partial charge >= 0.3 is 0 Å². The Balaban J connectivity index is 2.85. The van der Waals surface area contributed by atoms with Crippen LogP contribution < -0.4 is 10.6 Å². The van der Waals surface area contributed by atoms with Crippen LogP contribution >= 0.6 is 0 Å². The Morgan fingerprint density at radius 3 is 2.29 bits per heavy atom. The van der Waals surface area contributed by atoms with Crippen LogP contribution in [-0.4, -0.2) is 19.1 Å². The highest BCUT2D eigenvalue weighted by atomic mass is 15.1. The van der Waals surface area contributed by atoms with Crippen molar-refractivity contribution in [1.29, 1.82) is 0 Å². The molecular formula is C15H26N2. The molecular weight excluding hydrogens is 208 g/mol. The molecule has 2 N–H and O–H groups in total. The molecule has 0 spiro atoms. The lowest BCUT2D eigenvalue weighted by Gasteiger charge is -2.23. The maximum absolute atomic E-state index is 5.99. The summed E-state index contributed by atoms with van der Waals surface area (Å²) in [4.78, 5) is 2.39. The number of nitrogens with zero attached hydrogens (tertiary/aromatic N) is 1. The van der Waals surface area contributed by atoms with Gasteiger partial charge in [-0.25, -0.2) is 0 Å². The van der Waals surface area contributed by atoms with Gasteiger partial charge in [-0.05, 0) is 50.8 Å². The van der Waals surface area contributed by atoms with Gasteiger partial charge in [0.05, 0.1) is 0 Å². The first-order valence-corrected chi connectivity index (χ1v) is 6.72. The second-order valence-corrected chi connectivity index (χ2v) is 4.67. The van der Waals surface area contributed by atoms with Crippen LogP contribution in [0.25, 0.3) is 0 Å². The lowest BCUT2D eigenvalue weighted by Crippen LogP contribution is -2.23. The Kier molecular flexibility index (Phi) is 5.49. The second kappa shape index (κ2) is 6.65. The molecule has 1 aromatic rings. The molecule has 0 saturated carbocycles. The maximum atomic E-state index is 5.99. The van der Waals surface area contributed by atoms with Crippen LogP contribution in [0.1, 0.15) is 38.3 Å². The molecule has 2 heteroatoms. The average molecular weight is 234 g/mol. The summed E-state index contributed by atoms with van der Waals surface area (Å²) in [6.07, 6.45) is 2.02. The molecule has 0 amide bonds.